The smallest absolute Gasteiger partial charge is 0.262 e. The van der Waals surface area contributed by atoms with Gasteiger partial charge in [0.05, 0.1) is 12.8 Å². The van der Waals surface area contributed by atoms with E-state index in [1.807, 2.05) is 12.1 Å². The van der Waals surface area contributed by atoms with Gasteiger partial charge in [-0.3, -0.25) is 4.79 Å². The van der Waals surface area contributed by atoms with E-state index in [4.69, 9.17) is 21.1 Å². The number of rotatable bonds is 6. The van der Waals surface area contributed by atoms with Crippen LogP contribution in [0.15, 0.2) is 66.7 Å². The van der Waals surface area contributed by atoms with Crippen molar-refractivity contribution < 1.29 is 14.3 Å². The molecule has 146 valence electrons. The van der Waals surface area contributed by atoms with Gasteiger partial charge in [-0.15, -0.1) is 10.2 Å². The Morgan fingerprint density at radius 3 is 2.52 bits per heavy atom. The van der Waals surface area contributed by atoms with Crippen LogP contribution in [0.1, 0.15) is 0 Å². The molecular formula is C21H17ClN4O3. The average Bonchev–Trinajstić information content (AvgIpc) is 3.16. The highest BCUT2D eigenvalue weighted by atomic mass is 35.5. The summed E-state index contributed by atoms with van der Waals surface area (Å²) in [7, 11) is 1.59. The Balaban J connectivity index is 1.43. The van der Waals surface area contributed by atoms with Crippen molar-refractivity contribution in [1.29, 1.82) is 0 Å². The van der Waals surface area contributed by atoms with Gasteiger partial charge in [0, 0.05) is 10.7 Å². The molecule has 1 N–H and O–H groups in total. The Kier molecular flexibility index (Phi) is 5.31. The van der Waals surface area contributed by atoms with Gasteiger partial charge in [-0.1, -0.05) is 17.7 Å². The highest BCUT2D eigenvalue weighted by Gasteiger charge is 2.09. The lowest BCUT2D eigenvalue weighted by atomic mass is 10.3. The van der Waals surface area contributed by atoms with Crippen LogP contribution in [0.25, 0.3) is 16.7 Å². The molecule has 0 spiro atoms. The first-order valence-corrected chi connectivity index (χ1v) is 9.18. The molecule has 8 heteroatoms. The second-order valence-corrected chi connectivity index (χ2v) is 6.62. The van der Waals surface area contributed by atoms with Crippen LogP contribution >= 0.6 is 11.6 Å². The number of ether oxygens (including phenoxy) is 2. The highest BCUT2D eigenvalue weighted by molar-refractivity contribution is 6.30. The van der Waals surface area contributed by atoms with Crippen LogP contribution in [0.3, 0.4) is 0 Å². The maximum absolute atomic E-state index is 12.2. The Hall–Kier alpha value is -3.58. The third-order valence-electron chi connectivity index (χ3n) is 4.13. The first kappa shape index (κ1) is 18.8. The molecule has 3 aromatic carbocycles. The number of hydrogen-bond acceptors (Lipinski definition) is 5. The van der Waals surface area contributed by atoms with E-state index in [1.54, 1.807) is 61.7 Å². The van der Waals surface area contributed by atoms with Crippen molar-refractivity contribution in [3.63, 3.8) is 0 Å². The molecule has 0 saturated carbocycles. The molecule has 0 fully saturated rings. The number of carbonyl (C=O) groups excluding carboxylic acids is 1. The van der Waals surface area contributed by atoms with E-state index >= 15 is 0 Å². The summed E-state index contributed by atoms with van der Waals surface area (Å²) in [6, 6.07) is 19.6. The van der Waals surface area contributed by atoms with E-state index in [2.05, 4.69) is 15.5 Å². The van der Waals surface area contributed by atoms with E-state index in [0.29, 0.717) is 27.5 Å². The zero-order chi connectivity index (χ0) is 20.2. The molecule has 4 aromatic rings. The number of methoxy groups -OCH3 is 1. The predicted octanol–water partition coefficient (Wildman–Crippen LogP) is 4.10. The summed E-state index contributed by atoms with van der Waals surface area (Å²) in [6.07, 6.45) is 0. The van der Waals surface area contributed by atoms with Gasteiger partial charge in [0.1, 0.15) is 22.5 Å². The van der Waals surface area contributed by atoms with Crippen molar-refractivity contribution in [3.8, 4) is 17.2 Å². The molecule has 0 saturated heterocycles. The quantitative estimate of drug-likeness (QED) is 0.519. The molecule has 0 aliphatic heterocycles. The number of anilines is 1. The molecule has 0 radical (unpaired) electrons. The van der Waals surface area contributed by atoms with Gasteiger partial charge < -0.3 is 14.8 Å². The van der Waals surface area contributed by atoms with Crippen molar-refractivity contribution in [1.82, 2.24) is 15.0 Å². The number of fused-ring (bicyclic) bond motifs is 1. The van der Waals surface area contributed by atoms with Crippen molar-refractivity contribution in [2.45, 2.75) is 0 Å². The molecule has 0 bridgehead atoms. The molecule has 1 amide bonds. The van der Waals surface area contributed by atoms with Crippen LogP contribution in [0, 0.1) is 0 Å². The van der Waals surface area contributed by atoms with Crippen LogP contribution < -0.4 is 14.8 Å². The lowest BCUT2D eigenvalue weighted by Gasteiger charge is -2.08. The number of aromatic nitrogens is 3. The number of amides is 1. The standard InChI is InChI=1S/C21H17ClN4O3/c1-28-17-6-8-18(9-7-17)29-13-21(27)23-15-5-10-19-20(12-15)25-26(24-19)16-4-2-3-14(22)11-16/h2-12H,13H2,1H3,(H,23,27). The third kappa shape index (κ3) is 4.47. The van der Waals surface area contributed by atoms with Crippen LogP contribution in [0.4, 0.5) is 5.69 Å². The normalized spacial score (nSPS) is 10.7. The van der Waals surface area contributed by atoms with Crippen molar-refractivity contribution in [3.05, 3.63) is 71.8 Å². The maximum Gasteiger partial charge on any atom is 0.262 e. The summed E-state index contributed by atoms with van der Waals surface area (Å²) in [5.74, 6) is 1.03. The fourth-order valence-electron chi connectivity index (χ4n) is 2.73. The van der Waals surface area contributed by atoms with E-state index in [-0.39, 0.29) is 12.5 Å². The second-order valence-electron chi connectivity index (χ2n) is 6.19. The zero-order valence-corrected chi connectivity index (χ0v) is 16.3. The summed E-state index contributed by atoms with van der Waals surface area (Å²) < 4.78 is 10.6. The number of hydrogen-bond donors (Lipinski definition) is 1. The first-order chi connectivity index (χ1) is 14.1. The van der Waals surface area contributed by atoms with E-state index < -0.39 is 0 Å². The minimum absolute atomic E-state index is 0.112. The fourth-order valence-corrected chi connectivity index (χ4v) is 2.91. The molecule has 0 unspecified atom stereocenters. The number of nitrogens with zero attached hydrogens (tertiary/aromatic N) is 3. The van der Waals surface area contributed by atoms with Crippen molar-refractivity contribution >= 4 is 34.2 Å². The first-order valence-electron chi connectivity index (χ1n) is 8.80. The Bertz CT molecular complexity index is 1160. The molecule has 1 aromatic heterocycles. The van der Waals surface area contributed by atoms with Gasteiger partial charge >= 0.3 is 0 Å². The van der Waals surface area contributed by atoms with Gasteiger partial charge in [0.15, 0.2) is 6.61 Å². The van der Waals surface area contributed by atoms with Gasteiger partial charge in [-0.2, -0.15) is 4.80 Å². The summed E-state index contributed by atoms with van der Waals surface area (Å²) in [5.41, 5.74) is 2.72. The Labute approximate surface area is 171 Å². The molecule has 29 heavy (non-hydrogen) atoms. The lowest BCUT2D eigenvalue weighted by molar-refractivity contribution is -0.118. The van der Waals surface area contributed by atoms with Crippen molar-refractivity contribution in [2.24, 2.45) is 0 Å². The van der Waals surface area contributed by atoms with Crippen molar-refractivity contribution in [2.75, 3.05) is 19.0 Å². The number of halogens is 1. The number of nitrogens with one attached hydrogen (secondary N) is 1. The van der Waals surface area contributed by atoms with Gasteiger partial charge in [-0.05, 0) is 60.7 Å². The van der Waals surface area contributed by atoms with E-state index in [1.165, 1.54) is 4.80 Å². The van der Waals surface area contributed by atoms with Crippen LogP contribution in [0.5, 0.6) is 11.5 Å². The molecular weight excluding hydrogens is 392 g/mol. The number of carbonyl (C=O) groups is 1. The molecule has 1 heterocycles. The monoisotopic (exact) mass is 408 g/mol. The fraction of sp³-hybridized carbons (Fsp3) is 0.0952. The molecule has 0 aliphatic carbocycles. The Morgan fingerprint density at radius 1 is 1.00 bits per heavy atom. The minimum atomic E-state index is -0.276. The van der Waals surface area contributed by atoms with E-state index in [9.17, 15) is 4.79 Å². The molecule has 0 aliphatic rings. The van der Waals surface area contributed by atoms with Crippen LogP contribution in [0.2, 0.25) is 5.02 Å². The van der Waals surface area contributed by atoms with Crippen LogP contribution in [-0.2, 0) is 4.79 Å². The summed E-state index contributed by atoms with van der Waals surface area (Å²) in [4.78, 5) is 13.7. The second kappa shape index (κ2) is 8.20. The third-order valence-corrected chi connectivity index (χ3v) is 4.37. The summed E-state index contributed by atoms with van der Waals surface area (Å²) in [6.45, 7) is -0.112. The molecule has 0 atom stereocenters. The predicted molar refractivity (Wildman–Crippen MR) is 111 cm³/mol. The molecule has 7 nitrogen and oxygen atoms in total. The largest absolute Gasteiger partial charge is 0.497 e. The number of benzene rings is 3. The zero-order valence-electron chi connectivity index (χ0n) is 15.5. The maximum atomic E-state index is 12.2. The summed E-state index contributed by atoms with van der Waals surface area (Å²) in [5, 5.41) is 12.3. The van der Waals surface area contributed by atoms with Gasteiger partial charge in [0.25, 0.3) is 5.91 Å². The minimum Gasteiger partial charge on any atom is -0.497 e. The van der Waals surface area contributed by atoms with Crippen LogP contribution in [-0.4, -0.2) is 34.6 Å². The van der Waals surface area contributed by atoms with Gasteiger partial charge in [-0.25, -0.2) is 0 Å². The topological polar surface area (TPSA) is 78.3 Å². The lowest BCUT2D eigenvalue weighted by Crippen LogP contribution is -2.20. The highest BCUT2D eigenvalue weighted by Crippen LogP contribution is 2.20. The Morgan fingerprint density at radius 2 is 1.76 bits per heavy atom. The van der Waals surface area contributed by atoms with Gasteiger partial charge in [0.2, 0.25) is 0 Å². The SMILES string of the molecule is COc1ccc(OCC(=O)Nc2ccc3nn(-c4cccc(Cl)c4)nc3c2)cc1. The molecule has 4 rings (SSSR count). The average molecular weight is 409 g/mol. The summed E-state index contributed by atoms with van der Waals surface area (Å²) >= 11 is 6.03. The van der Waals surface area contributed by atoms with E-state index in [0.717, 1.165) is 11.4 Å².